The standard InChI is InChI=1S/C19H16Cl2N4O/c1-12(13-5-3-2-4-6-13)24-19-22-10-14(11-23-19)18(26)25-17-8-7-15(20)9-16(17)21/h2-12H,1H3,(H,25,26)(H,22,23,24). The first-order valence-corrected chi connectivity index (χ1v) is 8.68. The van der Waals surface area contributed by atoms with Crippen molar-refractivity contribution in [2.75, 3.05) is 10.6 Å². The molecule has 0 radical (unpaired) electrons. The molecule has 2 N–H and O–H groups in total. The summed E-state index contributed by atoms with van der Waals surface area (Å²) in [6, 6.07) is 14.9. The van der Waals surface area contributed by atoms with Gasteiger partial charge in [0, 0.05) is 17.4 Å². The van der Waals surface area contributed by atoms with Gasteiger partial charge in [-0.25, -0.2) is 9.97 Å². The Kier molecular flexibility index (Phi) is 5.71. The van der Waals surface area contributed by atoms with Gasteiger partial charge < -0.3 is 10.6 Å². The first kappa shape index (κ1) is 18.2. The van der Waals surface area contributed by atoms with Crippen LogP contribution in [0.5, 0.6) is 0 Å². The number of halogens is 2. The van der Waals surface area contributed by atoms with Gasteiger partial charge >= 0.3 is 0 Å². The molecule has 1 amide bonds. The number of nitrogens with one attached hydrogen (secondary N) is 2. The highest BCUT2D eigenvalue weighted by molar-refractivity contribution is 6.36. The number of anilines is 2. The zero-order valence-corrected chi connectivity index (χ0v) is 15.4. The van der Waals surface area contributed by atoms with Gasteiger partial charge in [0.1, 0.15) is 0 Å². The van der Waals surface area contributed by atoms with E-state index in [1.165, 1.54) is 12.4 Å². The first-order valence-electron chi connectivity index (χ1n) is 7.93. The van der Waals surface area contributed by atoms with Crippen molar-refractivity contribution in [3.05, 3.63) is 82.1 Å². The molecule has 0 saturated heterocycles. The zero-order chi connectivity index (χ0) is 18.5. The van der Waals surface area contributed by atoms with Crippen LogP contribution in [0.15, 0.2) is 60.9 Å². The van der Waals surface area contributed by atoms with Gasteiger partial charge in [0.15, 0.2) is 0 Å². The van der Waals surface area contributed by atoms with Crippen LogP contribution in [0, 0.1) is 0 Å². The van der Waals surface area contributed by atoms with Crippen molar-refractivity contribution in [1.29, 1.82) is 0 Å². The number of amides is 1. The highest BCUT2D eigenvalue weighted by Gasteiger charge is 2.11. The summed E-state index contributed by atoms with van der Waals surface area (Å²) in [6.45, 7) is 2.02. The summed E-state index contributed by atoms with van der Waals surface area (Å²) in [7, 11) is 0. The van der Waals surface area contributed by atoms with Crippen molar-refractivity contribution in [2.24, 2.45) is 0 Å². The molecule has 2 aromatic carbocycles. The van der Waals surface area contributed by atoms with Crippen molar-refractivity contribution >= 4 is 40.7 Å². The fourth-order valence-electron chi connectivity index (χ4n) is 2.32. The summed E-state index contributed by atoms with van der Waals surface area (Å²) in [4.78, 5) is 20.7. The molecule has 3 rings (SSSR count). The second-order valence-electron chi connectivity index (χ2n) is 5.65. The van der Waals surface area contributed by atoms with Gasteiger partial charge in [-0.05, 0) is 30.7 Å². The molecule has 5 nitrogen and oxygen atoms in total. The lowest BCUT2D eigenvalue weighted by Gasteiger charge is -2.14. The molecule has 0 spiro atoms. The van der Waals surface area contributed by atoms with Crippen LogP contribution in [-0.4, -0.2) is 15.9 Å². The van der Waals surface area contributed by atoms with E-state index in [1.54, 1.807) is 18.2 Å². The lowest BCUT2D eigenvalue weighted by molar-refractivity contribution is 0.102. The molecular formula is C19H16Cl2N4O. The molecule has 0 aliphatic heterocycles. The summed E-state index contributed by atoms with van der Waals surface area (Å²) < 4.78 is 0. The number of benzene rings is 2. The van der Waals surface area contributed by atoms with E-state index in [0.717, 1.165) is 5.56 Å². The SMILES string of the molecule is CC(Nc1ncc(C(=O)Nc2ccc(Cl)cc2Cl)cn1)c1ccccc1. The van der Waals surface area contributed by atoms with E-state index in [4.69, 9.17) is 23.2 Å². The maximum Gasteiger partial charge on any atom is 0.258 e. The third kappa shape index (κ3) is 4.50. The van der Waals surface area contributed by atoms with Crippen molar-refractivity contribution in [1.82, 2.24) is 9.97 Å². The maximum atomic E-state index is 12.3. The summed E-state index contributed by atoms with van der Waals surface area (Å²) >= 11 is 11.9. The van der Waals surface area contributed by atoms with Gasteiger partial charge in [-0.15, -0.1) is 0 Å². The highest BCUT2D eigenvalue weighted by Crippen LogP contribution is 2.25. The van der Waals surface area contributed by atoms with E-state index in [9.17, 15) is 4.79 Å². The number of rotatable bonds is 5. The second-order valence-corrected chi connectivity index (χ2v) is 6.49. The van der Waals surface area contributed by atoms with Crippen LogP contribution in [-0.2, 0) is 0 Å². The van der Waals surface area contributed by atoms with E-state index >= 15 is 0 Å². The molecule has 1 heterocycles. The Balaban J connectivity index is 1.66. The molecule has 26 heavy (non-hydrogen) atoms. The van der Waals surface area contributed by atoms with Crippen LogP contribution in [0.3, 0.4) is 0 Å². The van der Waals surface area contributed by atoms with Crippen LogP contribution in [0.1, 0.15) is 28.9 Å². The number of hydrogen-bond acceptors (Lipinski definition) is 4. The summed E-state index contributed by atoms with van der Waals surface area (Å²) in [5, 5.41) is 6.77. The Morgan fingerprint density at radius 2 is 1.73 bits per heavy atom. The molecular weight excluding hydrogens is 371 g/mol. The Morgan fingerprint density at radius 1 is 1.04 bits per heavy atom. The number of carbonyl (C=O) groups excluding carboxylic acids is 1. The van der Waals surface area contributed by atoms with Crippen molar-refractivity contribution in [3.63, 3.8) is 0 Å². The minimum Gasteiger partial charge on any atom is -0.348 e. The second kappa shape index (κ2) is 8.17. The van der Waals surface area contributed by atoms with Crippen LogP contribution in [0.25, 0.3) is 0 Å². The predicted molar refractivity (Wildman–Crippen MR) is 105 cm³/mol. The largest absolute Gasteiger partial charge is 0.348 e. The lowest BCUT2D eigenvalue weighted by Crippen LogP contribution is -2.14. The van der Waals surface area contributed by atoms with Gasteiger partial charge in [0.05, 0.1) is 22.3 Å². The Bertz CT molecular complexity index is 901. The molecule has 132 valence electrons. The Labute approximate surface area is 161 Å². The zero-order valence-electron chi connectivity index (χ0n) is 13.9. The van der Waals surface area contributed by atoms with E-state index in [1.807, 2.05) is 37.3 Å². The maximum absolute atomic E-state index is 12.3. The van der Waals surface area contributed by atoms with Gasteiger partial charge in [-0.3, -0.25) is 4.79 Å². The Morgan fingerprint density at radius 3 is 2.38 bits per heavy atom. The summed E-state index contributed by atoms with van der Waals surface area (Å²) in [6.07, 6.45) is 2.93. The quantitative estimate of drug-likeness (QED) is 0.631. The van der Waals surface area contributed by atoms with Crippen molar-refractivity contribution in [2.45, 2.75) is 13.0 Å². The summed E-state index contributed by atoms with van der Waals surface area (Å²) in [5.41, 5.74) is 1.92. The van der Waals surface area contributed by atoms with E-state index in [2.05, 4.69) is 20.6 Å². The minimum atomic E-state index is -0.350. The van der Waals surface area contributed by atoms with E-state index in [0.29, 0.717) is 27.2 Å². The predicted octanol–water partition coefficient (Wildman–Crippen LogP) is 5.21. The van der Waals surface area contributed by atoms with E-state index in [-0.39, 0.29) is 11.9 Å². The average molecular weight is 387 g/mol. The normalized spacial score (nSPS) is 11.7. The average Bonchev–Trinajstić information content (AvgIpc) is 2.65. The summed E-state index contributed by atoms with van der Waals surface area (Å²) in [5.74, 6) is 0.0966. The van der Waals surface area contributed by atoms with Crippen LogP contribution in [0.4, 0.5) is 11.6 Å². The number of hydrogen-bond donors (Lipinski definition) is 2. The van der Waals surface area contributed by atoms with Crippen LogP contribution >= 0.6 is 23.2 Å². The first-order chi connectivity index (χ1) is 12.5. The third-order valence-electron chi connectivity index (χ3n) is 3.74. The van der Waals surface area contributed by atoms with Gasteiger partial charge in [0.2, 0.25) is 5.95 Å². The van der Waals surface area contributed by atoms with Gasteiger partial charge in [-0.2, -0.15) is 0 Å². The molecule has 0 aliphatic carbocycles. The molecule has 1 unspecified atom stereocenters. The molecule has 1 aromatic heterocycles. The fraction of sp³-hybridized carbons (Fsp3) is 0.105. The van der Waals surface area contributed by atoms with Gasteiger partial charge in [-0.1, -0.05) is 53.5 Å². The molecule has 0 saturated carbocycles. The van der Waals surface area contributed by atoms with Crippen LogP contribution in [0.2, 0.25) is 10.0 Å². The highest BCUT2D eigenvalue weighted by atomic mass is 35.5. The minimum absolute atomic E-state index is 0.0451. The molecule has 7 heteroatoms. The molecule has 0 fully saturated rings. The Hall–Kier alpha value is -2.63. The number of carbonyl (C=O) groups is 1. The number of aromatic nitrogens is 2. The fourth-order valence-corrected chi connectivity index (χ4v) is 2.78. The lowest BCUT2D eigenvalue weighted by atomic mass is 10.1. The molecule has 0 aliphatic rings. The topological polar surface area (TPSA) is 66.9 Å². The van der Waals surface area contributed by atoms with Crippen molar-refractivity contribution in [3.8, 4) is 0 Å². The van der Waals surface area contributed by atoms with Crippen molar-refractivity contribution < 1.29 is 4.79 Å². The van der Waals surface area contributed by atoms with Gasteiger partial charge in [0.25, 0.3) is 5.91 Å². The molecule has 0 bridgehead atoms. The van der Waals surface area contributed by atoms with Crippen LogP contribution < -0.4 is 10.6 Å². The smallest absolute Gasteiger partial charge is 0.258 e. The number of nitrogens with zero attached hydrogens (tertiary/aromatic N) is 2. The third-order valence-corrected chi connectivity index (χ3v) is 4.29. The monoisotopic (exact) mass is 386 g/mol. The molecule has 3 aromatic rings. The molecule has 1 atom stereocenters. The van der Waals surface area contributed by atoms with E-state index < -0.39 is 0 Å².